The van der Waals surface area contributed by atoms with Crippen molar-refractivity contribution in [2.75, 3.05) is 66.5 Å². The summed E-state index contributed by atoms with van der Waals surface area (Å²) in [4.78, 5) is 24.0. The number of carbonyl (C=O) groups excluding carboxylic acids is 1. The molecule has 2 fully saturated rings. The summed E-state index contributed by atoms with van der Waals surface area (Å²) in [6.45, 7) is 10.2. The maximum Gasteiger partial charge on any atom is 0.220 e. The summed E-state index contributed by atoms with van der Waals surface area (Å²) in [5.41, 5.74) is 1.41. The number of likely N-dealkylation sites (tertiary alicyclic amines) is 1. The van der Waals surface area contributed by atoms with Crippen molar-refractivity contribution < 1.29 is 4.79 Å². The van der Waals surface area contributed by atoms with E-state index < -0.39 is 0 Å². The van der Waals surface area contributed by atoms with Crippen molar-refractivity contribution in [3.05, 3.63) is 35.9 Å². The first-order chi connectivity index (χ1) is 15.6. The lowest BCUT2D eigenvalue weighted by atomic mass is 9.93. The first-order valence-corrected chi connectivity index (χ1v) is 12.3. The fourth-order valence-electron chi connectivity index (χ4n) is 4.81. The van der Waals surface area contributed by atoms with Crippen LogP contribution in [0.5, 0.6) is 0 Å². The van der Waals surface area contributed by atoms with E-state index in [0.29, 0.717) is 18.4 Å². The normalized spacial score (nSPS) is 20.9. The zero-order valence-electron chi connectivity index (χ0n) is 20.6. The van der Waals surface area contributed by atoms with Crippen molar-refractivity contribution in [3.8, 4) is 0 Å². The second-order valence-electron chi connectivity index (χ2n) is 9.12. The molecule has 0 saturated carbocycles. The number of piperazine rings is 1. The third kappa shape index (κ3) is 8.72. The minimum atomic E-state index is 0. The van der Waals surface area contributed by atoms with Crippen LogP contribution in [0, 0.1) is 5.92 Å². The molecule has 1 amide bonds. The molecule has 0 bridgehead atoms. The second kappa shape index (κ2) is 14.8. The van der Waals surface area contributed by atoms with Gasteiger partial charge in [0.1, 0.15) is 0 Å². The largest absolute Gasteiger partial charge is 0.359 e. The maximum atomic E-state index is 11.7. The van der Waals surface area contributed by atoms with Crippen LogP contribution in [-0.2, 0) is 4.79 Å². The molecule has 0 spiro atoms. The van der Waals surface area contributed by atoms with Gasteiger partial charge in [0.2, 0.25) is 5.91 Å². The maximum absolute atomic E-state index is 11.7. The lowest BCUT2D eigenvalue weighted by Crippen LogP contribution is -2.47. The number of nitrogens with zero attached hydrogens (tertiary/aromatic N) is 4. The molecule has 3 rings (SSSR count). The topological polar surface area (TPSA) is 63.2 Å². The second-order valence-corrected chi connectivity index (χ2v) is 9.12. The van der Waals surface area contributed by atoms with Gasteiger partial charge in [0.15, 0.2) is 5.96 Å². The predicted molar refractivity (Wildman–Crippen MR) is 147 cm³/mol. The molecule has 1 aromatic carbocycles. The number of hydrogen-bond acceptors (Lipinski definition) is 4. The lowest BCUT2D eigenvalue weighted by molar-refractivity contribution is -0.121. The lowest BCUT2D eigenvalue weighted by Gasteiger charge is -2.40. The first kappa shape index (κ1) is 27.9. The van der Waals surface area contributed by atoms with Gasteiger partial charge in [0.25, 0.3) is 0 Å². The number of aliphatic imine (C=N–C) groups is 1. The van der Waals surface area contributed by atoms with E-state index in [0.717, 1.165) is 77.6 Å². The van der Waals surface area contributed by atoms with Crippen molar-refractivity contribution in [2.45, 2.75) is 38.6 Å². The Kier molecular flexibility index (Phi) is 12.5. The number of likely N-dealkylation sites (N-methyl/N-ethyl adjacent to an activating group) is 1. The molecule has 8 heteroatoms. The van der Waals surface area contributed by atoms with Gasteiger partial charge >= 0.3 is 0 Å². The molecule has 2 aliphatic rings. The minimum absolute atomic E-state index is 0. The van der Waals surface area contributed by atoms with E-state index in [4.69, 9.17) is 4.99 Å². The van der Waals surface area contributed by atoms with Gasteiger partial charge in [-0.1, -0.05) is 30.3 Å². The zero-order chi connectivity index (χ0) is 22.8. The Morgan fingerprint density at radius 3 is 2.52 bits per heavy atom. The van der Waals surface area contributed by atoms with Crippen LogP contribution in [-0.4, -0.2) is 93.0 Å². The van der Waals surface area contributed by atoms with E-state index in [2.05, 4.69) is 69.6 Å². The van der Waals surface area contributed by atoms with Crippen molar-refractivity contribution in [1.29, 1.82) is 0 Å². The van der Waals surface area contributed by atoms with E-state index in [1.165, 1.54) is 5.56 Å². The Hall–Kier alpha value is -1.39. The highest BCUT2D eigenvalue weighted by atomic mass is 127. The summed E-state index contributed by atoms with van der Waals surface area (Å²) >= 11 is 0. The number of benzene rings is 1. The minimum Gasteiger partial charge on any atom is -0.359 e. The van der Waals surface area contributed by atoms with E-state index >= 15 is 0 Å². The summed E-state index contributed by atoms with van der Waals surface area (Å²) in [6, 6.07) is 11.4. The fourth-order valence-corrected chi connectivity index (χ4v) is 4.81. The molecule has 1 atom stereocenters. The van der Waals surface area contributed by atoms with Crippen LogP contribution in [0.2, 0.25) is 0 Å². The number of piperidine rings is 1. The Labute approximate surface area is 217 Å². The highest BCUT2D eigenvalue weighted by Crippen LogP contribution is 2.25. The standard InChI is InChI=1S/C25H42N6O.HI/c1-4-27-25(31-15-11-21(12-16-31)19-24(32)26-2)28-13-8-14-30-18-17-29(3)20-23(30)22-9-6-5-7-10-22;/h5-7,9-10,21,23H,4,8,11-20H2,1-3H3,(H,26,32)(H,27,28);1H. The molecule has 2 saturated heterocycles. The smallest absolute Gasteiger partial charge is 0.220 e. The highest BCUT2D eigenvalue weighted by Gasteiger charge is 2.26. The fraction of sp³-hybridized carbons (Fsp3) is 0.680. The number of amides is 1. The molecule has 1 aromatic rings. The van der Waals surface area contributed by atoms with Gasteiger partial charge in [-0.05, 0) is 44.7 Å². The van der Waals surface area contributed by atoms with Gasteiger partial charge in [-0.3, -0.25) is 14.7 Å². The number of halogens is 1. The Morgan fingerprint density at radius 1 is 1.12 bits per heavy atom. The number of carbonyl (C=O) groups is 1. The van der Waals surface area contributed by atoms with Gasteiger partial charge < -0.3 is 20.4 Å². The molecule has 0 radical (unpaired) electrons. The van der Waals surface area contributed by atoms with Gasteiger partial charge in [-0.15, -0.1) is 24.0 Å². The number of hydrogen-bond donors (Lipinski definition) is 2. The van der Waals surface area contributed by atoms with Crippen LogP contribution in [0.4, 0.5) is 0 Å². The van der Waals surface area contributed by atoms with Crippen LogP contribution in [0.1, 0.15) is 44.2 Å². The number of nitrogens with one attached hydrogen (secondary N) is 2. The summed E-state index contributed by atoms with van der Waals surface area (Å²) < 4.78 is 0. The molecule has 33 heavy (non-hydrogen) atoms. The summed E-state index contributed by atoms with van der Waals surface area (Å²) in [5.74, 6) is 1.67. The van der Waals surface area contributed by atoms with Crippen molar-refractivity contribution in [2.24, 2.45) is 10.9 Å². The average molecular weight is 571 g/mol. The first-order valence-electron chi connectivity index (χ1n) is 12.3. The van der Waals surface area contributed by atoms with E-state index in [1.807, 2.05) is 0 Å². The van der Waals surface area contributed by atoms with Crippen molar-refractivity contribution in [1.82, 2.24) is 25.3 Å². The molecule has 2 heterocycles. The Balaban J connectivity index is 0.00000385. The van der Waals surface area contributed by atoms with Crippen LogP contribution in [0.3, 0.4) is 0 Å². The van der Waals surface area contributed by atoms with Crippen LogP contribution < -0.4 is 10.6 Å². The quantitative estimate of drug-likeness (QED) is 0.218. The van der Waals surface area contributed by atoms with E-state index in [1.54, 1.807) is 7.05 Å². The van der Waals surface area contributed by atoms with Crippen LogP contribution in [0.25, 0.3) is 0 Å². The SMILES string of the molecule is CCNC(=NCCCN1CCN(C)CC1c1ccccc1)N1CCC(CC(=O)NC)CC1.I. The molecular formula is C25H43IN6O. The van der Waals surface area contributed by atoms with Crippen molar-refractivity contribution >= 4 is 35.8 Å². The average Bonchev–Trinajstić information content (AvgIpc) is 2.83. The number of rotatable bonds is 8. The van der Waals surface area contributed by atoms with Crippen LogP contribution >= 0.6 is 24.0 Å². The van der Waals surface area contributed by atoms with E-state index in [-0.39, 0.29) is 29.9 Å². The van der Waals surface area contributed by atoms with Crippen molar-refractivity contribution in [3.63, 3.8) is 0 Å². The van der Waals surface area contributed by atoms with Gasteiger partial charge in [-0.25, -0.2) is 0 Å². The molecule has 0 aromatic heterocycles. The van der Waals surface area contributed by atoms with E-state index in [9.17, 15) is 4.79 Å². The molecule has 2 aliphatic heterocycles. The van der Waals surface area contributed by atoms with Crippen LogP contribution in [0.15, 0.2) is 35.3 Å². The molecule has 2 N–H and O–H groups in total. The molecule has 186 valence electrons. The third-order valence-corrected chi connectivity index (χ3v) is 6.75. The zero-order valence-corrected chi connectivity index (χ0v) is 23.0. The number of guanidine groups is 1. The summed E-state index contributed by atoms with van der Waals surface area (Å²) in [5, 5.41) is 6.22. The summed E-state index contributed by atoms with van der Waals surface area (Å²) in [7, 11) is 3.94. The summed E-state index contributed by atoms with van der Waals surface area (Å²) in [6.07, 6.45) is 3.82. The Bertz CT molecular complexity index is 723. The van der Waals surface area contributed by atoms with Gasteiger partial charge in [0, 0.05) is 71.9 Å². The van der Waals surface area contributed by atoms with Gasteiger partial charge in [-0.2, -0.15) is 0 Å². The van der Waals surface area contributed by atoms with Gasteiger partial charge in [0.05, 0.1) is 0 Å². The molecule has 7 nitrogen and oxygen atoms in total. The molecular weight excluding hydrogens is 527 g/mol. The molecule has 0 aliphatic carbocycles. The molecule has 1 unspecified atom stereocenters. The predicted octanol–water partition coefficient (Wildman–Crippen LogP) is 2.80. The highest BCUT2D eigenvalue weighted by molar-refractivity contribution is 14.0. The third-order valence-electron chi connectivity index (χ3n) is 6.75. The Morgan fingerprint density at radius 2 is 1.85 bits per heavy atom. The monoisotopic (exact) mass is 570 g/mol.